The normalized spacial score (nSPS) is 20.1. The standard InChI is InChI=1S/C20H31N3O4S/c24-20(21-10-13-22-14-16-27-17-15-22)7-6-18-8-11-23(12-9-18)28(25,26)19-4-2-1-3-5-19/h1-5,18H,6-17H2,(H,21,24). The summed E-state index contributed by atoms with van der Waals surface area (Å²) in [5, 5.41) is 3.00. The number of carbonyl (C=O) groups excluding carboxylic acids is 1. The Kier molecular flexibility index (Phi) is 7.84. The summed E-state index contributed by atoms with van der Waals surface area (Å²) in [6.45, 7) is 6.00. The number of morpholine rings is 1. The first-order valence-electron chi connectivity index (χ1n) is 10.2. The van der Waals surface area contributed by atoms with E-state index in [1.165, 1.54) is 0 Å². The van der Waals surface area contributed by atoms with Gasteiger partial charge in [-0.3, -0.25) is 9.69 Å². The lowest BCUT2D eigenvalue weighted by atomic mass is 9.93. The average Bonchev–Trinajstić information content (AvgIpc) is 2.74. The maximum atomic E-state index is 12.7. The highest BCUT2D eigenvalue weighted by atomic mass is 32.2. The van der Waals surface area contributed by atoms with Crippen molar-refractivity contribution in [1.82, 2.24) is 14.5 Å². The van der Waals surface area contributed by atoms with E-state index in [1.807, 2.05) is 6.07 Å². The van der Waals surface area contributed by atoms with Gasteiger partial charge in [-0.15, -0.1) is 0 Å². The van der Waals surface area contributed by atoms with E-state index >= 15 is 0 Å². The van der Waals surface area contributed by atoms with Crippen LogP contribution in [0.1, 0.15) is 25.7 Å². The highest BCUT2D eigenvalue weighted by molar-refractivity contribution is 7.89. The first-order chi connectivity index (χ1) is 13.6. The highest BCUT2D eigenvalue weighted by Gasteiger charge is 2.29. The summed E-state index contributed by atoms with van der Waals surface area (Å²) >= 11 is 0. The van der Waals surface area contributed by atoms with Gasteiger partial charge < -0.3 is 10.1 Å². The van der Waals surface area contributed by atoms with Gasteiger partial charge >= 0.3 is 0 Å². The Morgan fingerprint density at radius 1 is 1.07 bits per heavy atom. The molecule has 0 unspecified atom stereocenters. The number of carbonyl (C=O) groups is 1. The molecule has 2 aliphatic heterocycles. The number of piperidine rings is 1. The lowest BCUT2D eigenvalue weighted by Crippen LogP contribution is -2.41. The molecule has 2 aliphatic rings. The van der Waals surface area contributed by atoms with Crippen LogP contribution in [0.25, 0.3) is 0 Å². The molecule has 1 amide bonds. The molecule has 8 heteroatoms. The van der Waals surface area contributed by atoms with E-state index in [-0.39, 0.29) is 5.91 Å². The average molecular weight is 410 g/mol. The Hall–Kier alpha value is -1.48. The van der Waals surface area contributed by atoms with E-state index in [2.05, 4.69) is 10.2 Å². The summed E-state index contributed by atoms with van der Waals surface area (Å²) in [4.78, 5) is 14.7. The Morgan fingerprint density at radius 3 is 2.43 bits per heavy atom. The number of ether oxygens (including phenoxy) is 1. The Morgan fingerprint density at radius 2 is 1.75 bits per heavy atom. The predicted molar refractivity (Wildman–Crippen MR) is 107 cm³/mol. The van der Waals surface area contributed by atoms with E-state index in [0.29, 0.717) is 36.9 Å². The summed E-state index contributed by atoms with van der Waals surface area (Å²) in [6.07, 6.45) is 2.96. The third-order valence-electron chi connectivity index (χ3n) is 5.59. The Balaban J connectivity index is 1.33. The lowest BCUT2D eigenvalue weighted by Gasteiger charge is -2.31. The fourth-order valence-corrected chi connectivity index (χ4v) is 5.27. The topological polar surface area (TPSA) is 79.0 Å². The van der Waals surface area contributed by atoms with Gasteiger partial charge in [0.05, 0.1) is 18.1 Å². The van der Waals surface area contributed by atoms with Crippen LogP contribution in [0.2, 0.25) is 0 Å². The zero-order valence-electron chi connectivity index (χ0n) is 16.4. The van der Waals surface area contributed by atoms with Gasteiger partial charge in [0.25, 0.3) is 0 Å². The van der Waals surface area contributed by atoms with Crippen molar-refractivity contribution in [1.29, 1.82) is 0 Å². The van der Waals surface area contributed by atoms with Crippen molar-refractivity contribution in [3.8, 4) is 0 Å². The van der Waals surface area contributed by atoms with Crippen molar-refractivity contribution in [2.75, 3.05) is 52.5 Å². The van der Waals surface area contributed by atoms with E-state index in [0.717, 1.165) is 52.1 Å². The molecule has 1 aromatic rings. The van der Waals surface area contributed by atoms with E-state index in [4.69, 9.17) is 4.74 Å². The molecule has 0 bridgehead atoms. The largest absolute Gasteiger partial charge is 0.379 e. The molecule has 0 aromatic heterocycles. The van der Waals surface area contributed by atoms with Gasteiger partial charge in [0.1, 0.15) is 0 Å². The molecule has 0 aliphatic carbocycles. The van der Waals surface area contributed by atoms with Crippen LogP contribution in [-0.2, 0) is 19.6 Å². The maximum absolute atomic E-state index is 12.7. The monoisotopic (exact) mass is 409 g/mol. The smallest absolute Gasteiger partial charge is 0.243 e. The SMILES string of the molecule is O=C(CCC1CCN(S(=O)(=O)c2ccccc2)CC1)NCCN1CCOCC1. The molecule has 3 rings (SSSR count). The van der Waals surface area contributed by atoms with E-state index in [9.17, 15) is 13.2 Å². The van der Waals surface area contributed by atoms with Crippen molar-refractivity contribution < 1.29 is 17.9 Å². The van der Waals surface area contributed by atoms with Crippen LogP contribution in [0.3, 0.4) is 0 Å². The fourth-order valence-electron chi connectivity index (χ4n) is 3.78. The van der Waals surface area contributed by atoms with Gasteiger partial charge in [-0.2, -0.15) is 4.31 Å². The number of hydrogen-bond donors (Lipinski definition) is 1. The molecule has 0 atom stereocenters. The second kappa shape index (κ2) is 10.3. The van der Waals surface area contributed by atoms with Crippen LogP contribution in [0.5, 0.6) is 0 Å². The minimum Gasteiger partial charge on any atom is -0.379 e. The quantitative estimate of drug-likeness (QED) is 0.701. The van der Waals surface area contributed by atoms with E-state index in [1.54, 1.807) is 28.6 Å². The summed E-state index contributed by atoms with van der Waals surface area (Å²) in [5.74, 6) is 0.500. The first kappa shape index (κ1) is 21.2. The number of nitrogens with zero attached hydrogens (tertiary/aromatic N) is 2. The fraction of sp³-hybridized carbons (Fsp3) is 0.650. The maximum Gasteiger partial charge on any atom is 0.243 e. The molecular weight excluding hydrogens is 378 g/mol. The molecule has 0 saturated carbocycles. The number of benzene rings is 1. The van der Waals surface area contributed by atoms with Crippen LogP contribution in [0, 0.1) is 5.92 Å². The van der Waals surface area contributed by atoms with Crippen LogP contribution in [0.15, 0.2) is 35.2 Å². The van der Waals surface area contributed by atoms with Gasteiger partial charge in [0.2, 0.25) is 15.9 Å². The first-order valence-corrected chi connectivity index (χ1v) is 11.6. The Bertz CT molecular complexity index is 712. The minimum absolute atomic E-state index is 0.0904. The van der Waals surface area contributed by atoms with Crippen molar-refractivity contribution in [3.63, 3.8) is 0 Å². The van der Waals surface area contributed by atoms with Crippen molar-refractivity contribution in [3.05, 3.63) is 30.3 Å². The summed E-state index contributed by atoms with van der Waals surface area (Å²) in [7, 11) is -3.40. The molecule has 2 heterocycles. The van der Waals surface area contributed by atoms with Gasteiger partial charge in [-0.05, 0) is 37.3 Å². The zero-order chi connectivity index (χ0) is 19.8. The number of amides is 1. The van der Waals surface area contributed by atoms with Crippen molar-refractivity contribution in [2.45, 2.75) is 30.6 Å². The molecule has 1 aromatic carbocycles. The molecule has 2 saturated heterocycles. The molecule has 1 N–H and O–H groups in total. The Labute approximate surface area is 168 Å². The van der Waals surface area contributed by atoms with Gasteiger partial charge in [-0.1, -0.05) is 18.2 Å². The molecule has 7 nitrogen and oxygen atoms in total. The van der Waals surface area contributed by atoms with Crippen molar-refractivity contribution in [2.24, 2.45) is 5.92 Å². The summed E-state index contributed by atoms with van der Waals surface area (Å²) in [5.41, 5.74) is 0. The second-order valence-corrected chi connectivity index (χ2v) is 9.44. The number of sulfonamides is 1. The highest BCUT2D eigenvalue weighted by Crippen LogP contribution is 2.26. The van der Waals surface area contributed by atoms with E-state index < -0.39 is 10.0 Å². The second-order valence-electron chi connectivity index (χ2n) is 7.50. The molecule has 0 spiro atoms. The predicted octanol–water partition coefficient (Wildman–Crippen LogP) is 1.32. The molecule has 28 heavy (non-hydrogen) atoms. The van der Waals surface area contributed by atoms with Crippen LogP contribution < -0.4 is 5.32 Å². The number of nitrogens with one attached hydrogen (secondary N) is 1. The molecule has 2 fully saturated rings. The summed E-state index contributed by atoms with van der Waals surface area (Å²) in [6, 6.07) is 8.59. The van der Waals surface area contributed by atoms with Crippen LogP contribution >= 0.6 is 0 Å². The van der Waals surface area contributed by atoms with Crippen LogP contribution in [0.4, 0.5) is 0 Å². The molecule has 156 valence electrons. The number of rotatable bonds is 8. The van der Waals surface area contributed by atoms with Gasteiger partial charge in [0, 0.05) is 45.7 Å². The van der Waals surface area contributed by atoms with Gasteiger partial charge in [-0.25, -0.2) is 8.42 Å². The number of hydrogen-bond acceptors (Lipinski definition) is 5. The van der Waals surface area contributed by atoms with Gasteiger partial charge in [0.15, 0.2) is 0 Å². The lowest BCUT2D eigenvalue weighted by molar-refractivity contribution is -0.121. The third kappa shape index (κ3) is 6.01. The minimum atomic E-state index is -3.40. The van der Waals surface area contributed by atoms with Crippen molar-refractivity contribution >= 4 is 15.9 Å². The third-order valence-corrected chi connectivity index (χ3v) is 7.50. The zero-order valence-corrected chi connectivity index (χ0v) is 17.2. The summed E-state index contributed by atoms with van der Waals surface area (Å²) < 4.78 is 32.2. The molecule has 0 radical (unpaired) electrons. The molecular formula is C20H31N3O4S. The van der Waals surface area contributed by atoms with Crippen LogP contribution in [-0.4, -0.2) is 76.0 Å².